The molecular weight excluding hydrogens is 254 g/mol. The van der Waals surface area contributed by atoms with Crippen molar-refractivity contribution in [2.45, 2.75) is 31.9 Å². The van der Waals surface area contributed by atoms with E-state index in [-0.39, 0.29) is 18.9 Å². The van der Waals surface area contributed by atoms with Crippen LogP contribution in [0.4, 0.5) is 0 Å². The third-order valence-corrected chi connectivity index (χ3v) is 4.26. The predicted octanol–water partition coefficient (Wildman–Crippen LogP) is 0.970. The van der Waals surface area contributed by atoms with E-state index < -0.39 is 18.1 Å². The van der Waals surface area contributed by atoms with Crippen molar-refractivity contribution in [1.82, 2.24) is 4.90 Å². The molecule has 1 aliphatic rings. The Hall–Kier alpha value is -1.40. The molecule has 0 radical (unpaired) electrons. The van der Waals surface area contributed by atoms with Crippen LogP contribution in [0.25, 0.3) is 0 Å². The second-order valence-corrected chi connectivity index (χ2v) is 5.49. The van der Waals surface area contributed by atoms with Gasteiger partial charge in [-0.05, 0) is 18.6 Å². The zero-order chi connectivity index (χ0) is 13.3. The van der Waals surface area contributed by atoms with Gasteiger partial charge in [-0.25, -0.2) is 4.79 Å². The van der Waals surface area contributed by atoms with E-state index in [1.54, 1.807) is 6.07 Å². The van der Waals surface area contributed by atoms with Gasteiger partial charge in [-0.3, -0.25) is 4.79 Å². The number of aliphatic hydroxyl groups is 1. The molecule has 0 unspecified atom stereocenters. The summed E-state index contributed by atoms with van der Waals surface area (Å²) in [6.45, 7) is 2.09. The highest BCUT2D eigenvalue weighted by Crippen LogP contribution is 2.24. The largest absolute Gasteiger partial charge is 0.480 e. The van der Waals surface area contributed by atoms with Crippen LogP contribution in [-0.2, 0) is 11.2 Å². The zero-order valence-electron chi connectivity index (χ0n) is 10.00. The number of carbonyl (C=O) groups is 2. The minimum Gasteiger partial charge on any atom is -0.480 e. The molecule has 1 aliphatic heterocycles. The van der Waals surface area contributed by atoms with Crippen molar-refractivity contribution < 1.29 is 19.8 Å². The van der Waals surface area contributed by atoms with Crippen LogP contribution in [0.2, 0.25) is 0 Å². The van der Waals surface area contributed by atoms with Crippen LogP contribution >= 0.6 is 11.3 Å². The summed E-state index contributed by atoms with van der Waals surface area (Å²) in [6, 6.07) is 2.68. The third kappa shape index (κ3) is 2.39. The third-order valence-electron chi connectivity index (χ3n) is 3.05. The van der Waals surface area contributed by atoms with Gasteiger partial charge in [-0.2, -0.15) is 0 Å². The smallest absolute Gasteiger partial charge is 0.326 e. The highest BCUT2D eigenvalue weighted by atomic mass is 32.1. The number of β-amino-alcohol motifs (C(OH)–C–C–N with tert-alkyl or cyclic N) is 1. The number of aryl methyl sites for hydroxylation is 1. The Labute approximate surface area is 109 Å². The fraction of sp³-hybridized carbons (Fsp3) is 0.500. The number of rotatable bonds is 3. The van der Waals surface area contributed by atoms with Gasteiger partial charge >= 0.3 is 5.97 Å². The van der Waals surface area contributed by atoms with Crippen molar-refractivity contribution in [2.75, 3.05) is 6.54 Å². The monoisotopic (exact) mass is 269 g/mol. The number of carboxylic acid groups (broad SMARTS) is 1. The molecular formula is C12H15NO4S. The van der Waals surface area contributed by atoms with Crippen molar-refractivity contribution in [3.8, 4) is 0 Å². The van der Waals surface area contributed by atoms with Crippen molar-refractivity contribution in [2.24, 2.45) is 0 Å². The molecule has 2 atom stereocenters. The first-order valence-corrected chi connectivity index (χ1v) is 6.65. The van der Waals surface area contributed by atoms with Crippen LogP contribution < -0.4 is 0 Å². The molecule has 5 nitrogen and oxygen atoms in total. The van der Waals surface area contributed by atoms with Gasteiger partial charge in [0.15, 0.2) is 0 Å². The Balaban J connectivity index is 2.19. The maximum atomic E-state index is 12.2. The molecule has 1 aromatic rings. The molecule has 0 aliphatic carbocycles. The van der Waals surface area contributed by atoms with Crippen LogP contribution in [0.3, 0.4) is 0 Å². The minimum absolute atomic E-state index is 0.0924. The molecule has 0 spiro atoms. The van der Waals surface area contributed by atoms with Gasteiger partial charge in [0.05, 0.1) is 11.0 Å². The Morgan fingerprint density at radius 2 is 2.22 bits per heavy atom. The average Bonchev–Trinajstić information content (AvgIpc) is 2.94. The SMILES string of the molecule is CCc1ccc(C(=O)N2C[C@@H](O)C[C@H]2C(=O)O)s1. The Morgan fingerprint density at radius 3 is 2.78 bits per heavy atom. The van der Waals surface area contributed by atoms with E-state index in [2.05, 4.69) is 0 Å². The average molecular weight is 269 g/mol. The van der Waals surface area contributed by atoms with Crippen LogP contribution in [0.15, 0.2) is 12.1 Å². The molecule has 1 fully saturated rings. The normalized spacial score (nSPS) is 23.3. The quantitative estimate of drug-likeness (QED) is 0.857. The van der Waals surface area contributed by atoms with Gasteiger partial charge in [0.1, 0.15) is 6.04 Å². The molecule has 2 rings (SSSR count). The van der Waals surface area contributed by atoms with E-state index >= 15 is 0 Å². The summed E-state index contributed by atoms with van der Waals surface area (Å²) >= 11 is 1.38. The molecule has 18 heavy (non-hydrogen) atoms. The molecule has 2 N–H and O–H groups in total. The number of aliphatic carboxylic acids is 1. The summed E-state index contributed by atoms with van der Waals surface area (Å²) in [6.07, 6.45) is 0.205. The number of hydrogen-bond donors (Lipinski definition) is 2. The molecule has 1 aromatic heterocycles. The zero-order valence-corrected chi connectivity index (χ0v) is 10.8. The van der Waals surface area contributed by atoms with Crippen LogP contribution in [0, 0.1) is 0 Å². The molecule has 0 bridgehead atoms. The summed E-state index contributed by atoms with van der Waals surface area (Å²) in [7, 11) is 0. The first-order valence-electron chi connectivity index (χ1n) is 5.83. The maximum Gasteiger partial charge on any atom is 0.326 e. The van der Waals surface area contributed by atoms with Gasteiger partial charge in [-0.1, -0.05) is 6.92 Å². The number of carbonyl (C=O) groups excluding carboxylic acids is 1. The van der Waals surface area contributed by atoms with Gasteiger partial charge in [0.25, 0.3) is 5.91 Å². The Kier molecular flexibility index (Phi) is 3.68. The lowest BCUT2D eigenvalue weighted by atomic mass is 10.2. The van der Waals surface area contributed by atoms with Crippen LogP contribution in [-0.4, -0.2) is 45.7 Å². The lowest BCUT2D eigenvalue weighted by Gasteiger charge is -2.20. The van der Waals surface area contributed by atoms with E-state index in [1.807, 2.05) is 13.0 Å². The number of thiophene rings is 1. The summed E-state index contributed by atoms with van der Waals surface area (Å²) < 4.78 is 0. The van der Waals surface area contributed by atoms with Gasteiger partial charge < -0.3 is 15.1 Å². The molecule has 2 heterocycles. The Morgan fingerprint density at radius 1 is 1.50 bits per heavy atom. The highest BCUT2D eigenvalue weighted by Gasteiger charge is 2.39. The molecule has 1 saturated heterocycles. The van der Waals surface area contributed by atoms with Crippen LogP contribution in [0.1, 0.15) is 27.9 Å². The standard InChI is InChI=1S/C12H15NO4S/c1-2-8-3-4-10(18-8)11(15)13-6-7(14)5-9(13)12(16)17/h3-4,7,9,14H,2,5-6H2,1H3,(H,16,17)/t7-,9-/m0/s1. The van der Waals surface area contributed by atoms with E-state index in [4.69, 9.17) is 5.11 Å². The Bertz CT molecular complexity index is 470. The lowest BCUT2D eigenvalue weighted by molar-refractivity contribution is -0.141. The van der Waals surface area contributed by atoms with E-state index in [0.29, 0.717) is 4.88 Å². The molecule has 0 aromatic carbocycles. The van der Waals surface area contributed by atoms with Gasteiger partial charge in [0.2, 0.25) is 0 Å². The minimum atomic E-state index is -1.06. The predicted molar refractivity (Wildman–Crippen MR) is 66.8 cm³/mol. The molecule has 1 amide bonds. The van der Waals surface area contributed by atoms with E-state index in [1.165, 1.54) is 16.2 Å². The van der Waals surface area contributed by atoms with Crippen molar-refractivity contribution in [3.63, 3.8) is 0 Å². The number of aliphatic hydroxyl groups excluding tert-OH is 1. The second-order valence-electron chi connectivity index (χ2n) is 4.32. The summed E-state index contributed by atoms with van der Waals surface area (Å²) in [5.41, 5.74) is 0. The number of likely N-dealkylation sites (tertiary alicyclic amines) is 1. The number of amides is 1. The fourth-order valence-corrected chi connectivity index (χ4v) is 3.00. The van der Waals surface area contributed by atoms with Crippen molar-refractivity contribution >= 4 is 23.2 Å². The van der Waals surface area contributed by atoms with Gasteiger partial charge in [-0.15, -0.1) is 11.3 Å². The van der Waals surface area contributed by atoms with Gasteiger partial charge in [0, 0.05) is 17.8 Å². The fourth-order valence-electron chi connectivity index (χ4n) is 2.10. The summed E-state index contributed by atoms with van der Waals surface area (Å²) in [5.74, 6) is -1.36. The van der Waals surface area contributed by atoms with Crippen molar-refractivity contribution in [3.05, 3.63) is 21.9 Å². The number of hydrogen-bond acceptors (Lipinski definition) is 4. The summed E-state index contributed by atoms with van der Waals surface area (Å²) in [5, 5.41) is 18.6. The van der Waals surface area contributed by atoms with Crippen LogP contribution in [0.5, 0.6) is 0 Å². The maximum absolute atomic E-state index is 12.2. The molecule has 98 valence electrons. The van der Waals surface area contributed by atoms with E-state index in [0.717, 1.165) is 11.3 Å². The number of carboxylic acids is 1. The van der Waals surface area contributed by atoms with Crippen molar-refractivity contribution in [1.29, 1.82) is 0 Å². The first-order chi connectivity index (χ1) is 8.52. The summed E-state index contributed by atoms with van der Waals surface area (Å²) in [4.78, 5) is 26.1. The lowest BCUT2D eigenvalue weighted by Crippen LogP contribution is -2.40. The number of nitrogens with zero attached hydrogens (tertiary/aromatic N) is 1. The topological polar surface area (TPSA) is 77.8 Å². The molecule has 6 heteroatoms. The highest BCUT2D eigenvalue weighted by molar-refractivity contribution is 7.14. The first kappa shape index (κ1) is 13.0. The van der Waals surface area contributed by atoms with E-state index in [9.17, 15) is 14.7 Å². The molecule has 0 saturated carbocycles. The second kappa shape index (κ2) is 5.07.